The predicted octanol–water partition coefficient (Wildman–Crippen LogP) is 4.53. The quantitative estimate of drug-likeness (QED) is 0.766. The highest BCUT2D eigenvalue weighted by Crippen LogP contribution is 2.31. The molecule has 0 bridgehead atoms. The Morgan fingerprint density at radius 3 is 2.58 bits per heavy atom. The molecule has 0 radical (unpaired) electrons. The van der Waals surface area contributed by atoms with Crippen molar-refractivity contribution in [2.24, 2.45) is 0 Å². The number of hydrogen-bond acceptors (Lipinski definition) is 1. The van der Waals surface area contributed by atoms with E-state index in [1.807, 2.05) is 0 Å². The van der Waals surface area contributed by atoms with Crippen molar-refractivity contribution >= 4 is 23.3 Å². The molecular weight excluding hydrogens is 341 g/mol. The molecule has 0 aromatic heterocycles. The first kappa shape index (κ1) is 17.7. The smallest absolute Gasteiger partial charge is 0.327 e. The van der Waals surface area contributed by atoms with E-state index >= 15 is 0 Å². The Kier molecular flexibility index (Phi) is 5.72. The summed E-state index contributed by atoms with van der Waals surface area (Å²) in [4.78, 5) is 11.6. The minimum atomic E-state index is -4.47. The normalized spacial score (nSPS) is 10.5. The van der Waals surface area contributed by atoms with Gasteiger partial charge in [-0.1, -0.05) is 41.6 Å². The average molecular weight is 353 g/mol. The Labute approximate surface area is 141 Å². The number of halogens is 4. The number of rotatable bonds is 2. The molecule has 0 unspecified atom stereocenters. The number of hydrogen-bond donors (Lipinski definition) is 2. The fourth-order valence-electron chi connectivity index (χ4n) is 1.84. The van der Waals surface area contributed by atoms with Gasteiger partial charge in [-0.2, -0.15) is 13.2 Å². The minimum absolute atomic E-state index is 0.0986. The van der Waals surface area contributed by atoms with Gasteiger partial charge in [0.25, 0.3) is 0 Å². The number of urea groups is 1. The second kappa shape index (κ2) is 7.75. The van der Waals surface area contributed by atoms with Crippen LogP contribution in [0.5, 0.6) is 0 Å². The molecule has 0 aliphatic rings. The summed E-state index contributed by atoms with van der Waals surface area (Å²) in [5, 5.41) is 5.43. The van der Waals surface area contributed by atoms with Crippen molar-refractivity contribution in [1.82, 2.24) is 5.32 Å². The van der Waals surface area contributed by atoms with Gasteiger partial charge in [0, 0.05) is 16.3 Å². The molecule has 2 aromatic rings. The van der Waals surface area contributed by atoms with E-state index < -0.39 is 17.8 Å². The summed E-state index contributed by atoms with van der Waals surface area (Å²) in [5.74, 6) is 4.91. The van der Waals surface area contributed by atoms with Crippen molar-refractivity contribution in [3.63, 3.8) is 0 Å². The monoisotopic (exact) mass is 352 g/mol. The molecule has 0 atom stereocenters. The number of carbonyl (C=O) groups is 1. The number of alkyl halides is 3. The molecule has 0 saturated carbocycles. The highest BCUT2D eigenvalue weighted by atomic mass is 35.5. The van der Waals surface area contributed by atoms with E-state index in [9.17, 15) is 18.0 Å². The first-order chi connectivity index (χ1) is 11.4. The van der Waals surface area contributed by atoms with Crippen molar-refractivity contribution in [1.29, 1.82) is 0 Å². The van der Waals surface area contributed by atoms with Crippen LogP contribution in [0, 0.1) is 11.8 Å². The summed E-state index contributed by atoms with van der Waals surface area (Å²) in [7, 11) is 0. The lowest BCUT2D eigenvalue weighted by atomic mass is 10.1. The van der Waals surface area contributed by atoms with Crippen molar-refractivity contribution in [3.8, 4) is 11.8 Å². The van der Waals surface area contributed by atoms with Crippen LogP contribution in [0.2, 0.25) is 5.02 Å². The molecule has 24 heavy (non-hydrogen) atoms. The molecule has 3 nitrogen and oxygen atoms in total. The zero-order valence-electron chi connectivity index (χ0n) is 12.2. The van der Waals surface area contributed by atoms with Crippen molar-refractivity contribution < 1.29 is 18.0 Å². The van der Waals surface area contributed by atoms with E-state index in [4.69, 9.17) is 11.6 Å². The van der Waals surface area contributed by atoms with Gasteiger partial charge in [0.05, 0.1) is 12.1 Å². The lowest BCUT2D eigenvalue weighted by Gasteiger charge is -2.08. The second-order valence-corrected chi connectivity index (χ2v) is 5.10. The highest BCUT2D eigenvalue weighted by Gasteiger charge is 2.32. The molecule has 2 amide bonds. The maximum Gasteiger partial charge on any atom is 0.417 e. The summed E-state index contributed by atoms with van der Waals surface area (Å²) in [6, 6.07) is 11.0. The zero-order valence-corrected chi connectivity index (χ0v) is 13.0. The summed E-state index contributed by atoms with van der Waals surface area (Å²) in [6.45, 7) is -0.0986. The highest BCUT2D eigenvalue weighted by molar-refractivity contribution is 6.30. The maximum absolute atomic E-state index is 12.8. The topological polar surface area (TPSA) is 41.1 Å². The number of carbonyl (C=O) groups excluding carboxylic acids is 1. The fourth-order valence-corrected chi connectivity index (χ4v) is 2.04. The van der Waals surface area contributed by atoms with E-state index in [-0.39, 0.29) is 12.1 Å². The lowest BCUT2D eigenvalue weighted by molar-refractivity contribution is -0.137. The molecule has 0 fully saturated rings. The molecule has 2 rings (SSSR count). The number of benzene rings is 2. The summed E-state index contributed by atoms with van der Waals surface area (Å²) >= 11 is 5.79. The van der Waals surface area contributed by atoms with Gasteiger partial charge in [-0.05, 0) is 30.3 Å². The predicted molar refractivity (Wildman–Crippen MR) is 86.8 cm³/mol. The zero-order chi connectivity index (χ0) is 17.6. The third-order valence-corrected chi connectivity index (χ3v) is 3.11. The van der Waals surface area contributed by atoms with E-state index in [2.05, 4.69) is 22.5 Å². The van der Waals surface area contributed by atoms with Crippen LogP contribution in [-0.4, -0.2) is 12.6 Å². The molecule has 0 aliphatic carbocycles. The standard InChI is InChI=1S/C17H12ClF3N2O/c18-13-7-3-8-14(11-13)23-16(24)22-10-4-6-12-5-1-2-9-15(12)17(19,20)21/h1-3,5,7-9,11H,10H2,(H2,22,23,24). The van der Waals surface area contributed by atoms with Gasteiger partial charge in [-0.15, -0.1) is 0 Å². The lowest BCUT2D eigenvalue weighted by Crippen LogP contribution is -2.28. The molecule has 0 spiro atoms. The molecule has 0 heterocycles. The molecule has 7 heteroatoms. The SMILES string of the molecule is O=C(NCC#Cc1ccccc1C(F)(F)F)Nc1cccc(Cl)c1. The maximum atomic E-state index is 12.8. The van der Waals surface area contributed by atoms with Gasteiger partial charge >= 0.3 is 12.2 Å². The molecule has 2 N–H and O–H groups in total. The number of anilines is 1. The Morgan fingerprint density at radius 1 is 1.12 bits per heavy atom. The van der Waals surface area contributed by atoms with Gasteiger partial charge in [0.2, 0.25) is 0 Å². The number of nitrogens with one attached hydrogen (secondary N) is 2. The molecule has 2 aromatic carbocycles. The van der Waals surface area contributed by atoms with Gasteiger partial charge < -0.3 is 10.6 Å². The summed E-state index contributed by atoms with van der Waals surface area (Å²) in [5.41, 5.74) is -0.446. The molecule has 0 saturated heterocycles. The molecular formula is C17H12ClF3N2O. The third-order valence-electron chi connectivity index (χ3n) is 2.88. The first-order valence-electron chi connectivity index (χ1n) is 6.82. The minimum Gasteiger partial charge on any atom is -0.327 e. The van der Waals surface area contributed by atoms with Crippen LogP contribution in [0.4, 0.5) is 23.7 Å². The van der Waals surface area contributed by atoms with Crippen LogP contribution in [0.25, 0.3) is 0 Å². The van der Waals surface area contributed by atoms with Crippen LogP contribution in [0.1, 0.15) is 11.1 Å². The molecule has 0 aliphatic heterocycles. The van der Waals surface area contributed by atoms with Gasteiger partial charge in [0.15, 0.2) is 0 Å². The van der Waals surface area contributed by atoms with Crippen LogP contribution >= 0.6 is 11.6 Å². The summed E-state index contributed by atoms with van der Waals surface area (Å²) < 4.78 is 38.4. The fraction of sp³-hybridized carbons (Fsp3) is 0.118. The largest absolute Gasteiger partial charge is 0.417 e. The summed E-state index contributed by atoms with van der Waals surface area (Å²) in [6.07, 6.45) is -4.47. The van der Waals surface area contributed by atoms with Crippen LogP contribution in [0.3, 0.4) is 0 Å². The number of amides is 2. The van der Waals surface area contributed by atoms with Gasteiger partial charge in [-0.3, -0.25) is 0 Å². The van der Waals surface area contributed by atoms with Crippen molar-refractivity contribution in [2.45, 2.75) is 6.18 Å². The second-order valence-electron chi connectivity index (χ2n) is 4.66. The average Bonchev–Trinajstić information content (AvgIpc) is 2.51. The van der Waals surface area contributed by atoms with E-state index in [0.717, 1.165) is 6.07 Å². The Hall–Kier alpha value is -2.65. The Balaban J connectivity index is 1.94. The Bertz CT molecular complexity index is 794. The Morgan fingerprint density at radius 2 is 1.88 bits per heavy atom. The molecule has 124 valence electrons. The van der Waals surface area contributed by atoms with E-state index in [1.165, 1.54) is 18.2 Å². The third kappa shape index (κ3) is 5.21. The van der Waals surface area contributed by atoms with E-state index in [0.29, 0.717) is 10.7 Å². The van der Waals surface area contributed by atoms with E-state index in [1.54, 1.807) is 24.3 Å². The van der Waals surface area contributed by atoms with Crippen molar-refractivity contribution in [2.75, 3.05) is 11.9 Å². The van der Waals surface area contributed by atoms with Crippen molar-refractivity contribution in [3.05, 3.63) is 64.7 Å². The first-order valence-corrected chi connectivity index (χ1v) is 7.19. The van der Waals surface area contributed by atoms with Gasteiger partial charge in [-0.25, -0.2) is 4.79 Å². The van der Waals surface area contributed by atoms with Gasteiger partial charge in [0.1, 0.15) is 0 Å². The van der Waals surface area contributed by atoms with Crippen LogP contribution in [-0.2, 0) is 6.18 Å². The van der Waals surface area contributed by atoms with Crippen LogP contribution < -0.4 is 10.6 Å². The van der Waals surface area contributed by atoms with Crippen LogP contribution in [0.15, 0.2) is 48.5 Å².